The van der Waals surface area contributed by atoms with E-state index in [4.69, 9.17) is 0 Å². The lowest BCUT2D eigenvalue weighted by molar-refractivity contribution is -0.158. The number of rotatable bonds is 2. The van der Waals surface area contributed by atoms with Crippen molar-refractivity contribution in [3.63, 3.8) is 0 Å². The molecule has 3 aliphatic rings. The summed E-state index contributed by atoms with van der Waals surface area (Å²) < 4.78 is 0. The summed E-state index contributed by atoms with van der Waals surface area (Å²) in [4.78, 5) is 28.3. The maximum absolute atomic E-state index is 12.5. The second kappa shape index (κ2) is 5.14. The van der Waals surface area contributed by atoms with Crippen LogP contribution in [0, 0.1) is 11.8 Å². The van der Waals surface area contributed by atoms with E-state index in [0.29, 0.717) is 12.5 Å². The van der Waals surface area contributed by atoms with Gasteiger partial charge in [-0.25, -0.2) is 0 Å². The molecule has 0 N–H and O–H groups in total. The molecule has 3 atom stereocenters. The first kappa shape index (κ1) is 12.9. The molecule has 0 bridgehead atoms. The Bertz CT molecular complexity index is 382. The fourth-order valence-electron chi connectivity index (χ4n) is 3.99. The minimum absolute atomic E-state index is 0.145. The number of nitrogens with zero attached hydrogens (tertiary/aromatic N) is 2. The molecule has 1 saturated carbocycles. The minimum Gasteiger partial charge on any atom is -0.331 e. The third kappa shape index (κ3) is 2.49. The third-order valence-electron chi connectivity index (χ3n) is 5.03. The van der Waals surface area contributed by atoms with Crippen LogP contribution in [0.15, 0.2) is 0 Å². The Balaban J connectivity index is 1.66. The monoisotopic (exact) mass is 264 g/mol. The van der Waals surface area contributed by atoms with Crippen LogP contribution in [0.1, 0.15) is 45.4 Å². The molecule has 4 heteroatoms. The van der Waals surface area contributed by atoms with Crippen molar-refractivity contribution in [1.29, 1.82) is 0 Å². The van der Waals surface area contributed by atoms with Crippen molar-refractivity contribution in [2.45, 2.75) is 51.5 Å². The lowest BCUT2D eigenvalue weighted by Gasteiger charge is -2.43. The van der Waals surface area contributed by atoms with Crippen molar-refractivity contribution in [2.75, 3.05) is 19.6 Å². The number of carbonyl (C=O) groups excluding carboxylic acids is 2. The van der Waals surface area contributed by atoms with E-state index in [1.54, 1.807) is 0 Å². The van der Waals surface area contributed by atoms with Crippen LogP contribution in [0.5, 0.6) is 0 Å². The molecule has 3 unspecified atom stereocenters. The normalized spacial score (nSPS) is 35.7. The summed E-state index contributed by atoms with van der Waals surface area (Å²) >= 11 is 0. The number of amides is 2. The quantitative estimate of drug-likeness (QED) is 0.761. The fourth-order valence-corrected chi connectivity index (χ4v) is 3.99. The molecule has 4 nitrogen and oxygen atoms in total. The van der Waals surface area contributed by atoms with Gasteiger partial charge in [0.25, 0.3) is 0 Å². The molecule has 106 valence electrons. The van der Waals surface area contributed by atoms with E-state index < -0.39 is 0 Å². The van der Waals surface area contributed by atoms with E-state index >= 15 is 0 Å². The van der Waals surface area contributed by atoms with Gasteiger partial charge in [0.1, 0.15) is 6.04 Å². The molecule has 3 fully saturated rings. The van der Waals surface area contributed by atoms with Crippen molar-refractivity contribution in [3.8, 4) is 0 Å². The van der Waals surface area contributed by atoms with Crippen LogP contribution in [0.25, 0.3) is 0 Å². The highest BCUT2D eigenvalue weighted by Gasteiger charge is 2.41. The van der Waals surface area contributed by atoms with Gasteiger partial charge in [0.2, 0.25) is 11.8 Å². The predicted octanol–water partition coefficient (Wildman–Crippen LogP) is 1.65. The van der Waals surface area contributed by atoms with E-state index in [-0.39, 0.29) is 17.9 Å². The van der Waals surface area contributed by atoms with Gasteiger partial charge in [-0.2, -0.15) is 0 Å². The average Bonchev–Trinajstić information content (AvgIpc) is 2.81. The zero-order valence-corrected chi connectivity index (χ0v) is 11.8. The molecule has 3 rings (SSSR count). The Labute approximate surface area is 115 Å². The summed E-state index contributed by atoms with van der Waals surface area (Å²) in [5.41, 5.74) is 0. The summed E-state index contributed by atoms with van der Waals surface area (Å²) in [5, 5.41) is 0. The predicted molar refractivity (Wildman–Crippen MR) is 72.4 cm³/mol. The fraction of sp³-hybridized carbons (Fsp3) is 0.867. The maximum Gasteiger partial charge on any atom is 0.245 e. The smallest absolute Gasteiger partial charge is 0.245 e. The summed E-state index contributed by atoms with van der Waals surface area (Å²) in [6.07, 6.45) is 6.70. The van der Waals surface area contributed by atoms with Crippen molar-refractivity contribution in [3.05, 3.63) is 0 Å². The molecule has 0 aromatic heterocycles. The third-order valence-corrected chi connectivity index (χ3v) is 5.03. The standard InChI is InChI=1S/C15H24N2O2/c1-11-5-6-12(8-11)9-16-10-14(18)17-7-3-2-4-13(17)15(16)19/h11-13H,2-10H2,1H3. The van der Waals surface area contributed by atoms with Crippen molar-refractivity contribution >= 4 is 11.8 Å². The molecule has 0 aromatic carbocycles. The first-order chi connectivity index (χ1) is 9.15. The molecule has 2 amide bonds. The van der Waals surface area contributed by atoms with Gasteiger partial charge in [0, 0.05) is 13.1 Å². The van der Waals surface area contributed by atoms with Crippen LogP contribution in [0.3, 0.4) is 0 Å². The molecular formula is C15H24N2O2. The van der Waals surface area contributed by atoms with E-state index in [1.807, 2.05) is 9.80 Å². The van der Waals surface area contributed by atoms with Gasteiger partial charge < -0.3 is 9.80 Å². The van der Waals surface area contributed by atoms with Gasteiger partial charge in [-0.15, -0.1) is 0 Å². The van der Waals surface area contributed by atoms with Crippen molar-refractivity contribution < 1.29 is 9.59 Å². The van der Waals surface area contributed by atoms with Gasteiger partial charge >= 0.3 is 0 Å². The van der Waals surface area contributed by atoms with Gasteiger partial charge in [0.05, 0.1) is 6.54 Å². The molecule has 1 aliphatic carbocycles. The molecule has 2 aliphatic heterocycles. The number of fused-ring (bicyclic) bond motifs is 1. The Kier molecular flexibility index (Phi) is 3.50. The highest BCUT2D eigenvalue weighted by atomic mass is 16.2. The Morgan fingerprint density at radius 2 is 2.00 bits per heavy atom. The van der Waals surface area contributed by atoms with Gasteiger partial charge in [-0.3, -0.25) is 9.59 Å². The second-order valence-electron chi connectivity index (χ2n) is 6.60. The molecule has 0 spiro atoms. The molecule has 0 aromatic rings. The van der Waals surface area contributed by atoms with Crippen molar-refractivity contribution in [1.82, 2.24) is 9.80 Å². The Morgan fingerprint density at radius 1 is 1.16 bits per heavy atom. The zero-order valence-electron chi connectivity index (χ0n) is 11.8. The summed E-state index contributed by atoms with van der Waals surface area (Å²) in [6, 6.07) is -0.145. The van der Waals surface area contributed by atoms with Gasteiger partial charge in [0.15, 0.2) is 0 Å². The van der Waals surface area contributed by atoms with Crippen LogP contribution in [0.2, 0.25) is 0 Å². The Morgan fingerprint density at radius 3 is 2.74 bits per heavy atom. The van der Waals surface area contributed by atoms with E-state index in [9.17, 15) is 9.59 Å². The highest BCUT2D eigenvalue weighted by molar-refractivity contribution is 5.95. The van der Waals surface area contributed by atoms with Crippen LogP contribution in [-0.4, -0.2) is 47.3 Å². The van der Waals surface area contributed by atoms with Crippen molar-refractivity contribution in [2.24, 2.45) is 11.8 Å². The number of piperazine rings is 1. The topological polar surface area (TPSA) is 40.6 Å². The molecular weight excluding hydrogens is 240 g/mol. The highest BCUT2D eigenvalue weighted by Crippen LogP contribution is 2.32. The summed E-state index contributed by atoms with van der Waals surface area (Å²) in [7, 11) is 0. The van der Waals surface area contributed by atoms with Crippen LogP contribution < -0.4 is 0 Å². The van der Waals surface area contributed by atoms with Gasteiger partial charge in [-0.1, -0.05) is 13.3 Å². The van der Waals surface area contributed by atoms with Gasteiger partial charge in [-0.05, 0) is 43.9 Å². The maximum atomic E-state index is 12.5. The number of carbonyl (C=O) groups is 2. The second-order valence-corrected chi connectivity index (χ2v) is 6.60. The summed E-state index contributed by atoms with van der Waals surface area (Å²) in [6.45, 7) is 4.19. The van der Waals surface area contributed by atoms with E-state index in [0.717, 1.165) is 38.3 Å². The lowest BCUT2D eigenvalue weighted by atomic mass is 9.97. The SMILES string of the molecule is CC1CCC(CN2CC(=O)N3CCCCC3C2=O)C1. The molecule has 2 saturated heterocycles. The largest absolute Gasteiger partial charge is 0.331 e. The van der Waals surface area contributed by atoms with Crippen LogP contribution in [0.4, 0.5) is 0 Å². The van der Waals surface area contributed by atoms with E-state index in [2.05, 4.69) is 6.92 Å². The first-order valence-corrected chi connectivity index (χ1v) is 7.73. The Hall–Kier alpha value is -1.06. The molecule has 0 radical (unpaired) electrons. The molecule has 2 heterocycles. The number of hydrogen-bond donors (Lipinski definition) is 0. The molecule has 19 heavy (non-hydrogen) atoms. The summed E-state index contributed by atoms with van der Waals surface area (Å²) in [5.74, 6) is 1.77. The first-order valence-electron chi connectivity index (χ1n) is 7.73. The lowest BCUT2D eigenvalue weighted by Crippen LogP contribution is -2.61. The van der Waals surface area contributed by atoms with Crippen LogP contribution in [-0.2, 0) is 9.59 Å². The average molecular weight is 264 g/mol. The number of hydrogen-bond acceptors (Lipinski definition) is 2. The zero-order chi connectivity index (χ0) is 13.4. The van der Waals surface area contributed by atoms with E-state index in [1.165, 1.54) is 19.3 Å². The van der Waals surface area contributed by atoms with Crippen LogP contribution >= 0.6 is 0 Å². The minimum atomic E-state index is -0.145. The number of piperidine rings is 1.